The smallest absolute Gasteiger partial charge is 0.303 e. The fraction of sp³-hybridized carbons (Fsp3) is 0.750. The van der Waals surface area contributed by atoms with Gasteiger partial charge in [-0.2, -0.15) is 0 Å². The fourth-order valence-electron chi connectivity index (χ4n) is 9.47. The summed E-state index contributed by atoms with van der Waals surface area (Å²) < 4.78 is 5.22. The number of Topliss-reactive ketones (excluding diaryl/α,β-unsaturated/α-hetero) is 2. The molecule has 4 rings (SSSR count). The van der Waals surface area contributed by atoms with Crippen molar-refractivity contribution in [3.05, 3.63) is 23.8 Å². The first kappa shape index (κ1) is 31.7. The first-order valence-corrected chi connectivity index (χ1v) is 14.5. The van der Waals surface area contributed by atoms with Crippen molar-refractivity contribution in [2.24, 2.45) is 39.4 Å². The lowest BCUT2D eigenvalue weighted by atomic mass is 9.38. The summed E-state index contributed by atoms with van der Waals surface area (Å²) in [6.45, 7) is 12.6. The highest BCUT2D eigenvalue weighted by Crippen LogP contribution is 2.74. The van der Waals surface area contributed by atoms with Crippen molar-refractivity contribution in [3.8, 4) is 0 Å². The Bertz CT molecular complexity index is 1230. The highest BCUT2D eigenvalue weighted by molar-refractivity contribution is 5.98. The van der Waals surface area contributed by atoms with E-state index in [1.807, 2.05) is 19.9 Å². The van der Waals surface area contributed by atoms with Crippen LogP contribution in [0.3, 0.4) is 0 Å². The van der Waals surface area contributed by atoms with Gasteiger partial charge in [-0.3, -0.25) is 19.2 Å². The van der Waals surface area contributed by atoms with E-state index in [9.17, 15) is 39.6 Å². The third kappa shape index (κ3) is 4.33. The summed E-state index contributed by atoms with van der Waals surface area (Å²) >= 11 is 0. The van der Waals surface area contributed by atoms with Gasteiger partial charge >= 0.3 is 5.97 Å². The fourth-order valence-corrected chi connectivity index (χ4v) is 9.47. The van der Waals surface area contributed by atoms with E-state index in [2.05, 4.69) is 0 Å². The van der Waals surface area contributed by atoms with Crippen LogP contribution in [0.4, 0.5) is 0 Å². The molecule has 0 radical (unpaired) electrons. The summed E-state index contributed by atoms with van der Waals surface area (Å²) in [5, 5.41) is 45.0. The van der Waals surface area contributed by atoms with E-state index in [1.54, 1.807) is 27.7 Å². The molecule has 41 heavy (non-hydrogen) atoms. The molecule has 0 aromatic rings. The minimum atomic E-state index is -2.06. The first-order chi connectivity index (χ1) is 18.6. The van der Waals surface area contributed by atoms with E-state index in [0.29, 0.717) is 6.42 Å². The quantitative estimate of drug-likeness (QED) is 0.212. The Hall–Kier alpha value is -2.20. The molecule has 9 heteroatoms. The van der Waals surface area contributed by atoms with Crippen LogP contribution in [0.25, 0.3) is 0 Å². The average Bonchev–Trinajstić information content (AvgIpc) is 3.05. The molecular weight excluding hydrogens is 528 g/mol. The molecule has 2 unspecified atom stereocenters. The number of carbonyl (C=O) groups excluding carboxylic acids is 4. The molecule has 0 spiro atoms. The van der Waals surface area contributed by atoms with E-state index < -0.39 is 81.2 Å². The molecule has 4 aliphatic rings. The largest absolute Gasteiger partial charge is 0.456 e. The van der Waals surface area contributed by atoms with Gasteiger partial charge in [-0.1, -0.05) is 25.5 Å². The molecule has 0 aromatic carbocycles. The molecule has 4 N–H and O–H groups in total. The molecule has 0 aliphatic heterocycles. The van der Waals surface area contributed by atoms with Crippen LogP contribution >= 0.6 is 0 Å². The van der Waals surface area contributed by atoms with Gasteiger partial charge in [0.1, 0.15) is 23.1 Å². The van der Waals surface area contributed by atoms with Gasteiger partial charge in [0.05, 0.1) is 18.1 Å². The van der Waals surface area contributed by atoms with Crippen LogP contribution in [0.15, 0.2) is 23.8 Å². The van der Waals surface area contributed by atoms with Crippen LogP contribution < -0.4 is 0 Å². The number of aliphatic hydroxyl groups is 4. The van der Waals surface area contributed by atoms with E-state index in [4.69, 9.17) is 4.74 Å². The first-order valence-electron chi connectivity index (χ1n) is 14.5. The molecule has 0 heterocycles. The predicted octanol–water partition coefficient (Wildman–Crippen LogP) is 2.47. The lowest BCUT2D eigenvalue weighted by Crippen LogP contribution is -2.67. The summed E-state index contributed by atoms with van der Waals surface area (Å²) in [5.74, 6) is -3.76. The molecule has 3 fully saturated rings. The maximum atomic E-state index is 14.4. The second-order valence-electron chi connectivity index (χ2n) is 14.7. The summed E-state index contributed by atoms with van der Waals surface area (Å²) in [6.07, 6.45) is 2.66. The van der Waals surface area contributed by atoms with Gasteiger partial charge in [0.25, 0.3) is 0 Å². The summed E-state index contributed by atoms with van der Waals surface area (Å²) in [7, 11) is 0. The Morgan fingerprint density at radius 2 is 1.71 bits per heavy atom. The van der Waals surface area contributed by atoms with E-state index >= 15 is 0 Å². The lowest BCUT2D eigenvalue weighted by Gasteiger charge is -2.64. The molecule has 3 saturated carbocycles. The van der Waals surface area contributed by atoms with Crippen molar-refractivity contribution in [2.75, 3.05) is 6.61 Å². The monoisotopic (exact) mass is 574 g/mol. The second-order valence-corrected chi connectivity index (χ2v) is 14.7. The normalized spacial score (nSPS) is 41.7. The standard InChI is InChI=1S/C32H46O9/c1-17(34)41-27(2,3)12-11-23(37)31(8,40)25-21(36)14-29(6)22-10-9-18-19(13-20(35)26(39)28(18,4)5)32(22,16-33)24(38)15-30(25,29)7/h9,11-12,19-22,25,33,35-36,40H,10,13-16H2,1-8H3/b12-11+/t19-,20?,21?,22+,25+,29+,30-,31+,32+/m1/s1. The number of aliphatic hydroxyl groups excluding tert-OH is 3. The Morgan fingerprint density at radius 1 is 1.10 bits per heavy atom. The Kier molecular flexibility index (Phi) is 7.47. The van der Waals surface area contributed by atoms with Crippen LogP contribution in [0.5, 0.6) is 0 Å². The molecule has 228 valence electrons. The van der Waals surface area contributed by atoms with Gasteiger partial charge in [0.2, 0.25) is 0 Å². The molecule has 0 amide bonds. The Labute approximate surface area is 242 Å². The highest BCUT2D eigenvalue weighted by atomic mass is 16.6. The molecule has 0 aromatic heterocycles. The van der Waals surface area contributed by atoms with Gasteiger partial charge in [-0.25, -0.2) is 0 Å². The number of ether oxygens (including phenoxy) is 1. The second kappa shape index (κ2) is 9.66. The van der Waals surface area contributed by atoms with Crippen molar-refractivity contribution >= 4 is 23.3 Å². The molecule has 9 nitrogen and oxygen atoms in total. The van der Waals surface area contributed by atoms with Gasteiger partial charge in [-0.05, 0) is 88.7 Å². The number of ketones is 3. The van der Waals surface area contributed by atoms with Crippen LogP contribution in [0, 0.1) is 39.4 Å². The Morgan fingerprint density at radius 3 is 2.27 bits per heavy atom. The average molecular weight is 575 g/mol. The SMILES string of the molecule is CC(=O)OC(C)(C)/C=C/C(=O)[C@](C)(O)[C@H]1C(O)C[C@@]2(C)[C@@H]3CC=C4[C@@H](CC(O)C(=O)C4(C)C)[C@]3(CO)C(=O)C[C@]12C. The number of allylic oxidation sites excluding steroid dienone is 2. The third-order valence-corrected chi connectivity index (χ3v) is 11.5. The van der Waals surface area contributed by atoms with E-state index in [1.165, 1.54) is 19.9 Å². The molecule has 4 aliphatic carbocycles. The van der Waals surface area contributed by atoms with Gasteiger partial charge in [-0.15, -0.1) is 0 Å². The molecule has 9 atom stereocenters. The summed E-state index contributed by atoms with van der Waals surface area (Å²) in [6, 6.07) is 0. The number of esters is 1. The zero-order valence-corrected chi connectivity index (χ0v) is 25.5. The van der Waals surface area contributed by atoms with Gasteiger partial charge in [0.15, 0.2) is 11.6 Å². The van der Waals surface area contributed by atoms with E-state index in [-0.39, 0.29) is 30.8 Å². The molecule has 0 saturated heterocycles. The number of carbonyl (C=O) groups is 4. The maximum Gasteiger partial charge on any atom is 0.303 e. The number of rotatable bonds is 6. The minimum Gasteiger partial charge on any atom is -0.456 e. The van der Waals surface area contributed by atoms with Gasteiger partial charge < -0.3 is 25.2 Å². The molecular formula is C32H46O9. The van der Waals surface area contributed by atoms with Crippen molar-refractivity contribution < 1.29 is 44.3 Å². The van der Waals surface area contributed by atoms with Crippen molar-refractivity contribution in [2.45, 2.75) is 104 Å². The summed E-state index contributed by atoms with van der Waals surface area (Å²) in [4.78, 5) is 52.2. The van der Waals surface area contributed by atoms with Crippen LogP contribution in [-0.2, 0) is 23.9 Å². The number of hydrogen-bond donors (Lipinski definition) is 4. The Balaban J connectivity index is 1.78. The van der Waals surface area contributed by atoms with Crippen LogP contribution in [0.1, 0.15) is 81.1 Å². The maximum absolute atomic E-state index is 14.4. The van der Waals surface area contributed by atoms with Crippen molar-refractivity contribution in [1.29, 1.82) is 0 Å². The minimum absolute atomic E-state index is 0.0365. The summed E-state index contributed by atoms with van der Waals surface area (Å²) in [5.41, 5.74) is -6.45. The van der Waals surface area contributed by atoms with E-state index in [0.717, 1.165) is 11.6 Å². The number of hydrogen-bond acceptors (Lipinski definition) is 9. The lowest BCUT2D eigenvalue weighted by molar-refractivity contribution is -0.192. The molecule has 0 bridgehead atoms. The van der Waals surface area contributed by atoms with Crippen LogP contribution in [0.2, 0.25) is 0 Å². The zero-order chi connectivity index (χ0) is 31.1. The van der Waals surface area contributed by atoms with Crippen molar-refractivity contribution in [3.63, 3.8) is 0 Å². The third-order valence-electron chi connectivity index (χ3n) is 11.5. The van der Waals surface area contributed by atoms with Crippen molar-refractivity contribution in [1.82, 2.24) is 0 Å². The topological polar surface area (TPSA) is 158 Å². The van der Waals surface area contributed by atoms with Crippen LogP contribution in [-0.4, -0.2) is 73.8 Å². The zero-order valence-electron chi connectivity index (χ0n) is 25.5. The number of fused-ring (bicyclic) bond motifs is 5. The highest BCUT2D eigenvalue weighted by Gasteiger charge is 2.75. The van der Waals surface area contributed by atoms with Gasteiger partial charge in [0, 0.05) is 24.7 Å². The predicted molar refractivity (Wildman–Crippen MR) is 149 cm³/mol.